The highest BCUT2D eigenvalue weighted by Crippen LogP contribution is 2.34. The van der Waals surface area contributed by atoms with E-state index in [-0.39, 0.29) is 24.5 Å². The minimum Gasteiger partial charge on any atom is -0.491 e. The molecular weight excluding hydrogens is 444 g/mol. The number of ether oxygens (including phenoxy) is 1. The Morgan fingerprint density at radius 1 is 1.15 bits per heavy atom. The standard InChI is InChI=1S/C28H34N2O3S/c1-20(2)29(17-26(31)22-7-5-4-6-8-22)18-28(32)30-15-13-27-24(14-16-34-27)25(30)19-33-23-11-9-21(3)10-12-23/h4-12,14,16,20,25-26,31H,13,15,17-19H2,1-3H3/t25-,26-/m1/s1. The fraction of sp³-hybridized carbons (Fsp3) is 0.393. The highest BCUT2D eigenvalue weighted by molar-refractivity contribution is 7.10. The van der Waals surface area contributed by atoms with Gasteiger partial charge in [0.15, 0.2) is 0 Å². The van der Waals surface area contributed by atoms with Crippen molar-refractivity contribution in [3.63, 3.8) is 0 Å². The van der Waals surface area contributed by atoms with Crippen LogP contribution in [0.3, 0.4) is 0 Å². The van der Waals surface area contributed by atoms with Gasteiger partial charge in [-0.2, -0.15) is 0 Å². The molecule has 4 rings (SSSR count). The van der Waals surface area contributed by atoms with E-state index in [1.165, 1.54) is 16.0 Å². The molecule has 0 aliphatic carbocycles. The van der Waals surface area contributed by atoms with E-state index in [0.717, 1.165) is 17.7 Å². The van der Waals surface area contributed by atoms with Gasteiger partial charge in [0.25, 0.3) is 0 Å². The van der Waals surface area contributed by atoms with Crippen molar-refractivity contribution in [3.8, 4) is 5.75 Å². The van der Waals surface area contributed by atoms with Crippen molar-refractivity contribution in [3.05, 3.63) is 87.6 Å². The zero-order valence-electron chi connectivity index (χ0n) is 20.2. The molecule has 1 aliphatic rings. The lowest BCUT2D eigenvalue weighted by atomic mass is 10.00. The number of aliphatic hydroxyl groups is 1. The van der Waals surface area contributed by atoms with Gasteiger partial charge in [0.2, 0.25) is 5.91 Å². The van der Waals surface area contributed by atoms with Crippen molar-refractivity contribution in [1.29, 1.82) is 0 Å². The number of thiophene rings is 1. The smallest absolute Gasteiger partial charge is 0.237 e. The summed E-state index contributed by atoms with van der Waals surface area (Å²) in [7, 11) is 0. The van der Waals surface area contributed by atoms with Crippen LogP contribution in [-0.4, -0.2) is 53.1 Å². The number of aliphatic hydroxyl groups excluding tert-OH is 1. The SMILES string of the molecule is Cc1ccc(OC[C@@H]2c3ccsc3CCN2C(=O)CN(C[C@@H](O)c2ccccc2)C(C)C)cc1. The molecule has 0 bridgehead atoms. The van der Waals surface area contributed by atoms with E-state index in [9.17, 15) is 9.90 Å². The van der Waals surface area contributed by atoms with Gasteiger partial charge in [0.05, 0.1) is 18.7 Å². The molecule has 0 saturated carbocycles. The van der Waals surface area contributed by atoms with E-state index in [1.807, 2.05) is 59.5 Å². The molecule has 2 atom stereocenters. The van der Waals surface area contributed by atoms with Crippen LogP contribution in [0.4, 0.5) is 0 Å². The summed E-state index contributed by atoms with van der Waals surface area (Å²) >= 11 is 1.75. The molecule has 1 aliphatic heterocycles. The summed E-state index contributed by atoms with van der Waals surface area (Å²) in [5.41, 5.74) is 3.25. The third-order valence-corrected chi connectivity index (χ3v) is 7.50. The van der Waals surface area contributed by atoms with Crippen molar-refractivity contribution < 1.29 is 14.6 Å². The third kappa shape index (κ3) is 5.87. The molecule has 5 nitrogen and oxygen atoms in total. The number of hydrogen-bond donors (Lipinski definition) is 1. The molecule has 1 aromatic heterocycles. The van der Waals surface area contributed by atoms with Gasteiger partial charge < -0.3 is 14.7 Å². The minimum atomic E-state index is -0.637. The van der Waals surface area contributed by atoms with Crippen molar-refractivity contribution >= 4 is 17.2 Å². The van der Waals surface area contributed by atoms with Crippen molar-refractivity contribution in [2.45, 2.75) is 45.4 Å². The van der Waals surface area contributed by atoms with E-state index < -0.39 is 6.10 Å². The van der Waals surface area contributed by atoms with Gasteiger partial charge in [-0.15, -0.1) is 11.3 Å². The molecule has 0 fully saturated rings. The summed E-state index contributed by atoms with van der Waals surface area (Å²) in [6.45, 7) is 7.97. The Bertz CT molecular complexity index is 1060. The molecule has 0 unspecified atom stereocenters. The quantitative estimate of drug-likeness (QED) is 0.470. The number of nitrogens with zero attached hydrogens (tertiary/aromatic N) is 2. The molecule has 6 heteroatoms. The largest absolute Gasteiger partial charge is 0.491 e. The second-order valence-electron chi connectivity index (χ2n) is 9.23. The first-order valence-corrected chi connectivity index (χ1v) is 12.8. The fourth-order valence-corrected chi connectivity index (χ4v) is 5.34. The molecule has 2 aromatic carbocycles. The Hall–Kier alpha value is -2.67. The number of carbonyl (C=O) groups excluding carboxylic acids is 1. The lowest BCUT2D eigenvalue weighted by Crippen LogP contribution is -2.48. The van der Waals surface area contributed by atoms with Crippen LogP contribution in [0.25, 0.3) is 0 Å². The number of hydrogen-bond acceptors (Lipinski definition) is 5. The molecule has 1 amide bonds. The van der Waals surface area contributed by atoms with Crippen LogP contribution in [0.5, 0.6) is 5.75 Å². The maximum Gasteiger partial charge on any atom is 0.237 e. The van der Waals surface area contributed by atoms with Gasteiger partial charge >= 0.3 is 0 Å². The summed E-state index contributed by atoms with van der Waals surface area (Å²) in [6.07, 6.45) is 0.232. The van der Waals surface area contributed by atoms with Crippen molar-refractivity contribution in [2.75, 3.05) is 26.2 Å². The molecule has 0 saturated heterocycles. The van der Waals surface area contributed by atoms with Crippen LogP contribution in [-0.2, 0) is 11.2 Å². The first-order chi connectivity index (χ1) is 16.4. The Kier molecular flexibility index (Phi) is 8.03. The zero-order chi connectivity index (χ0) is 24.1. The van der Waals surface area contributed by atoms with Gasteiger partial charge in [0, 0.05) is 24.0 Å². The topological polar surface area (TPSA) is 53.0 Å². The molecule has 0 spiro atoms. The first-order valence-electron chi connectivity index (χ1n) is 11.9. The average Bonchev–Trinajstić information content (AvgIpc) is 3.32. The fourth-order valence-electron chi connectivity index (χ4n) is 4.41. The van der Waals surface area contributed by atoms with Crippen LogP contribution < -0.4 is 4.74 Å². The lowest BCUT2D eigenvalue weighted by molar-refractivity contribution is -0.137. The maximum atomic E-state index is 13.6. The average molecular weight is 479 g/mol. The summed E-state index contributed by atoms with van der Waals surface area (Å²) in [5.74, 6) is 0.887. The predicted molar refractivity (Wildman–Crippen MR) is 137 cm³/mol. The number of aryl methyl sites for hydroxylation is 1. The van der Waals surface area contributed by atoms with E-state index >= 15 is 0 Å². The summed E-state index contributed by atoms with van der Waals surface area (Å²) in [6, 6.07) is 19.8. The Balaban J connectivity index is 1.47. The van der Waals surface area contributed by atoms with Crippen LogP contribution in [0.2, 0.25) is 0 Å². The molecule has 180 valence electrons. The van der Waals surface area contributed by atoms with E-state index in [4.69, 9.17) is 4.74 Å². The van der Waals surface area contributed by atoms with Gasteiger partial charge in [-0.25, -0.2) is 0 Å². The number of fused-ring (bicyclic) bond motifs is 1. The Morgan fingerprint density at radius 3 is 2.59 bits per heavy atom. The Morgan fingerprint density at radius 2 is 1.88 bits per heavy atom. The Labute approximate surface area is 206 Å². The normalized spacial score (nSPS) is 16.5. The highest BCUT2D eigenvalue weighted by Gasteiger charge is 2.33. The molecular formula is C28H34N2O3S. The van der Waals surface area contributed by atoms with E-state index in [0.29, 0.717) is 19.7 Å². The second kappa shape index (κ2) is 11.2. The predicted octanol–water partition coefficient (Wildman–Crippen LogP) is 5.01. The summed E-state index contributed by atoms with van der Waals surface area (Å²) in [5, 5.41) is 12.9. The summed E-state index contributed by atoms with van der Waals surface area (Å²) in [4.78, 5) is 18.9. The maximum absolute atomic E-state index is 13.6. The highest BCUT2D eigenvalue weighted by atomic mass is 32.1. The van der Waals surface area contributed by atoms with Gasteiger partial charge in [-0.05, 0) is 61.9 Å². The van der Waals surface area contributed by atoms with E-state index in [2.05, 4.69) is 37.1 Å². The molecule has 0 radical (unpaired) electrons. The van der Waals surface area contributed by atoms with Crippen molar-refractivity contribution in [1.82, 2.24) is 9.80 Å². The number of carbonyl (C=O) groups is 1. The number of benzene rings is 2. The number of amides is 1. The van der Waals surface area contributed by atoms with Gasteiger partial charge in [0.1, 0.15) is 12.4 Å². The zero-order valence-corrected chi connectivity index (χ0v) is 21.0. The molecule has 1 N–H and O–H groups in total. The van der Waals surface area contributed by atoms with Crippen LogP contribution in [0.1, 0.15) is 47.6 Å². The minimum absolute atomic E-state index is 0.0725. The van der Waals surface area contributed by atoms with Gasteiger partial charge in [-0.1, -0.05) is 48.0 Å². The van der Waals surface area contributed by atoms with E-state index in [1.54, 1.807) is 11.3 Å². The first kappa shape index (κ1) is 24.5. The summed E-state index contributed by atoms with van der Waals surface area (Å²) < 4.78 is 6.14. The number of rotatable bonds is 9. The third-order valence-electron chi connectivity index (χ3n) is 6.50. The van der Waals surface area contributed by atoms with Crippen LogP contribution in [0, 0.1) is 6.92 Å². The van der Waals surface area contributed by atoms with Crippen molar-refractivity contribution in [2.24, 2.45) is 0 Å². The lowest BCUT2D eigenvalue weighted by Gasteiger charge is -2.38. The molecule has 2 heterocycles. The molecule has 3 aromatic rings. The second-order valence-corrected chi connectivity index (χ2v) is 10.2. The van der Waals surface area contributed by atoms with Crippen LogP contribution in [0.15, 0.2) is 66.0 Å². The monoisotopic (exact) mass is 478 g/mol. The van der Waals surface area contributed by atoms with Crippen LogP contribution >= 0.6 is 11.3 Å². The van der Waals surface area contributed by atoms with Gasteiger partial charge in [-0.3, -0.25) is 9.69 Å². The molecule has 34 heavy (non-hydrogen) atoms.